The van der Waals surface area contributed by atoms with Crippen molar-refractivity contribution in [2.45, 2.75) is 38.0 Å². The van der Waals surface area contributed by atoms with Gasteiger partial charge in [-0.2, -0.15) is 0 Å². The Bertz CT molecular complexity index is 358. The van der Waals surface area contributed by atoms with Crippen molar-refractivity contribution in [3.05, 3.63) is 0 Å². The summed E-state index contributed by atoms with van der Waals surface area (Å²) >= 11 is 0. The highest BCUT2D eigenvalue weighted by Crippen LogP contribution is 2.21. The molecule has 0 spiro atoms. The number of hydrogen-bond acceptors (Lipinski definition) is 5. The van der Waals surface area contributed by atoms with Gasteiger partial charge in [-0.05, 0) is 19.8 Å². The maximum absolute atomic E-state index is 11.5. The minimum absolute atomic E-state index is 0.106. The van der Waals surface area contributed by atoms with Crippen molar-refractivity contribution in [2.75, 3.05) is 31.1 Å². The Morgan fingerprint density at radius 2 is 2.06 bits per heavy atom. The molecule has 6 heteroatoms. The third-order valence-corrected chi connectivity index (χ3v) is 5.50. The highest BCUT2D eigenvalue weighted by molar-refractivity contribution is 7.91. The van der Waals surface area contributed by atoms with Crippen molar-refractivity contribution >= 4 is 9.84 Å². The molecule has 0 amide bonds. The lowest BCUT2D eigenvalue weighted by Crippen LogP contribution is -2.49. The predicted octanol–water partition coefficient (Wildman–Crippen LogP) is -0.388. The second-order valence-electron chi connectivity index (χ2n) is 5.15. The number of nitrogens with zero attached hydrogens (tertiary/aromatic N) is 1. The van der Waals surface area contributed by atoms with Gasteiger partial charge in [0, 0.05) is 25.7 Å². The minimum atomic E-state index is -2.82. The zero-order valence-corrected chi connectivity index (χ0v) is 11.2. The molecule has 2 aliphatic heterocycles. The molecule has 0 saturated carbocycles. The van der Waals surface area contributed by atoms with Gasteiger partial charge in [-0.15, -0.1) is 0 Å². The van der Waals surface area contributed by atoms with Gasteiger partial charge in [0.05, 0.1) is 23.7 Å². The summed E-state index contributed by atoms with van der Waals surface area (Å²) in [5.74, 6) is 0.560. The van der Waals surface area contributed by atoms with Gasteiger partial charge in [0.25, 0.3) is 0 Å². The van der Waals surface area contributed by atoms with E-state index in [9.17, 15) is 8.42 Å². The van der Waals surface area contributed by atoms with E-state index in [-0.39, 0.29) is 29.8 Å². The molecule has 2 rings (SSSR count). The summed E-state index contributed by atoms with van der Waals surface area (Å²) in [5, 5.41) is 0. The molecular formula is C11H22N2O3S. The van der Waals surface area contributed by atoms with E-state index >= 15 is 0 Å². The molecule has 0 bridgehead atoms. The normalized spacial score (nSPS) is 38.4. The lowest BCUT2D eigenvalue weighted by Gasteiger charge is -2.34. The van der Waals surface area contributed by atoms with E-state index in [4.69, 9.17) is 10.5 Å². The van der Waals surface area contributed by atoms with Crippen molar-refractivity contribution in [3.63, 3.8) is 0 Å². The fourth-order valence-electron chi connectivity index (χ4n) is 2.65. The molecule has 17 heavy (non-hydrogen) atoms. The lowest BCUT2D eigenvalue weighted by molar-refractivity contribution is 0.0214. The van der Waals surface area contributed by atoms with Crippen LogP contribution in [-0.4, -0.2) is 62.7 Å². The molecule has 2 saturated heterocycles. The van der Waals surface area contributed by atoms with Crippen LogP contribution in [0.2, 0.25) is 0 Å². The van der Waals surface area contributed by atoms with Crippen LogP contribution in [0.25, 0.3) is 0 Å². The largest absolute Gasteiger partial charge is 0.372 e. The first-order valence-corrected chi connectivity index (χ1v) is 8.12. The van der Waals surface area contributed by atoms with E-state index in [0.717, 1.165) is 19.4 Å². The Morgan fingerprint density at radius 3 is 2.65 bits per heavy atom. The fourth-order valence-corrected chi connectivity index (χ4v) is 4.28. The number of sulfone groups is 1. The lowest BCUT2D eigenvalue weighted by atomic mass is 10.1. The summed E-state index contributed by atoms with van der Waals surface area (Å²) < 4.78 is 28.7. The number of nitrogens with two attached hydrogens (primary N) is 1. The molecular weight excluding hydrogens is 240 g/mol. The van der Waals surface area contributed by atoms with Crippen molar-refractivity contribution < 1.29 is 13.2 Å². The molecule has 2 N–H and O–H groups in total. The topological polar surface area (TPSA) is 72.6 Å². The van der Waals surface area contributed by atoms with Crippen LogP contribution in [-0.2, 0) is 14.6 Å². The van der Waals surface area contributed by atoms with Crippen LogP contribution < -0.4 is 5.73 Å². The quantitative estimate of drug-likeness (QED) is 0.750. The summed E-state index contributed by atoms with van der Waals surface area (Å²) in [6, 6.07) is 0.106. The van der Waals surface area contributed by atoms with Crippen LogP contribution in [0, 0.1) is 0 Å². The van der Waals surface area contributed by atoms with E-state index in [0.29, 0.717) is 13.1 Å². The highest BCUT2D eigenvalue weighted by Gasteiger charge is 2.32. The van der Waals surface area contributed by atoms with Gasteiger partial charge < -0.3 is 10.5 Å². The Balaban J connectivity index is 1.84. The number of ether oxygens (including phenoxy) is 1. The maximum atomic E-state index is 11.5. The molecule has 0 aromatic rings. The van der Waals surface area contributed by atoms with Crippen LogP contribution in [0.15, 0.2) is 0 Å². The average Bonchev–Trinajstić information content (AvgIpc) is 2.69. The minimum Gasteiger partial charge on any atom is -0.372 e. The molecule has 0 aromatic heterocycles. The molecule has 0 aromatic carbocycles. The zero-order chi connectivity index (χ0) is 12.5. The van der Waals surface area contributed by atoms with Crippen LogP contribution >= 0.6 is 0 Å². The Morgan fingerprint density at radius 1 is 1.35 bits per heavy atom. The monoisotopic (exact) mass is 262 g/mol. The third-order valence-electron chi connectivity index (χ3n) is 3.70. The third kappa shape index (κ3) is 3.40. The number of hydrogen-bond donors (Lipinski definition) is 1. The van der Waals surface area contributed by atoms with Crippen molar-refractivity contribution in [3.8, 4) is 0 Å². The van der Waals surface area contributed by atoms with Crippen LogP contribution in [0.1, 0.15) is 19.8 Å². The molecule has 2 heterocycles. The first-order valence-electron chi connectivity index (χ1n) is 6.30. The number of rotatable bonds is 3. The summed E-state index contributed by atoms with van der Waals surface area (Å²) in [7, 11) is -2.82. The van der Waals surface area contributed by atoms with Gasteiger partial charge in [-0.1, -0.05) is 0 Å². The Kier molecular flexibility index (Phi) is 4.07. The highest BCUT2D eigenvalue weighted by atomic mass is 32.2. The molecule has 2 fully saturated rings. The molecule has 2 aliphatic rings. The van der Waals surface area contributed by atoms with Crippen LogP contribution in [0.5, 0.6) is 0 Å². The van der Waals surface area contributed by atoms with Gasteiger partial charge in [0.15, 0.2) is 9.84 Å². The fraction of sp³-hybridized carbons (Fsp3) is 1.00. The first-order chi connectivity index (χ1) is 8.00. The smallest absolute Gasteiger partial charge is 0.153 e. The maximum Gasteiger partial charge on any atom is 0.153 e. The van der Waals surface area contributed by atoms with Crippen LogP contribution in [0.4, 0.5) is 0 Å². The van der Waals surface area contributed by atoms with E-state index in [2.05, 4.69) is 4.90 Å². The molecule has 0 aliphatic carbocycles. The average molecular weight is 262 g/mol. The molecule has 100 valence electrons. The Labute approximate surface area is 103 Å². The van der Waals surface area contributed by atoms with Gasteiger partial charge in [-0.3, -0.25) is 4.90 Å². The van der Waals surface area contributed by atoms with Gasteiger partial charge in [0.2, 0.25) is 0 Å². The molecule has 3 unspecified atom stereocenters. The second-order valence-corrected chi connectivity index (χ2v) is 7.38. The molecule has 3 atom stereocenters. The summed E-state index contributed by atoms with van der Waals surface area (Å²) in [6.07, 6.45) is 2.50. The van der Waals surface area contributed by atoms with E-state index in [1.165, 1.54) is 0 Å². The Hall–Kier alpha value is -0.170. The summed E-state index contributed by atoms with van der Waals surface area (Å²) in [4.78, 5) is 2.23. The SMILES string of the molecule is CC1CS(=O)(=O)CCN1CC1CCC(CN)O1. The van der Waals surface area contributed by atoms with Crippen LogP contribution in [0.3, 0.4) is 0 Å². The van der Waals surface area contributed by atoms with E-state index in [1.54, 1.807) is 0 Å². The second kappa shape index (κ2) is 5.22. The first kappa shape index (κ1) is 13.3. The van der Waals surface area contributed by atoms with E-state index in [1.807, 2.05) is 6.92 Å². The zero-order valence-electron chi connectivity index (χ0n) is 10.3. The van der Waals surface area contributed by atoms with Crippen molar-refractivity contribution in [1.29, 1.82) is 0 Å². The summed E-state index contributed by atoms with van der Waals surface area (Å²) in [6.45, 7) is 4.04. The standard InChI is InChI=1S/C11H22N2O3S/c1-9-8-17(14,15)5-4-13(9)7-11-3-2-10(6-12)16-11/h9-11H,2-8,12H2,1H3. The van der Waals surface area contributed by atoms with E-state index < -0.39 is 9.84 Å². The van der Waals surface area contributed by atoms with Crippen molar-refractivity contribution in [1.82, 2.24) is 4.90 Å². The van der Waals surface area contributed by atoms with Gasteiger partial charge >= 0.3 is 0 Å². The molecule has 0 radical (unpaired) electrons. The van der Waals surface area contributed by atoms with Gasteiger partial charge in [-0.25, -0.2) is 8.42 Å². The molecule has 5 nitrogen and oxygen atoms in total. The predicted molar refractivity (Wildman–Crippen MR) is 66.6 cm³/mol. The van der Waals surface area contributed by atoms with Crippen molar-refractivity contribution in [2.24, 2.45) is 5.73 Å². The summed E-state index contributed by atoms with van der Waals surface area (Å²) in [5.41, 5.74) is 5.57. The van der Waals surface area contributed by atoms with Gasteiger partial charge in [0.1, 0.15) is 0 Å².